The summed E-state index contributed by atoms with van der Waals surface area (Å²) in [6.45, 7) is 0. The number of carboxylic acid groups (broad SMARTS) is 2. The van der Waals surface area contributed by atoms with Gasteiger partial charge in [-0.25, -0.2) is 0 Å². The van der Waals surface area contributed by atoms with Crippen LogP contribution in [0.15, 0.2) is 0 Å². The minimum Gasteiger partial charge on any atom is -0.481 e. The molecular weight excluding hydrogens is 224 g/mol. The maximum absolute atomic E-state index is 10.9. The summed E-state index contributed by atoms with van der Waals surface area (Å²) in [5, 5.41) is 17.8. The third kappa shape index (κ3) is 1.61. The Bertz CT molecular complexity index is 262. The van der Waals surface area contributed by atoms with Crippen LogP contribution in [0.2, 0.25) is 0 Å². The second-order valence-corrected chi connectivity index (χ2v) is 5.72. The summed E-state index contributed by atoms with van der Waals surface area (Å²) in [6.07, 6.45) is 4.08. The zero-order valence-corrected chi connectivity index (χ0v) is 9.52. The van der Waals surface area contributed by atoms with Crippen LogP contribution in [-0.4, -0.2) is 38.7 Å². The van der Waals surface area contributed by atoms with E-state index in [2.05, 4.69) is 0 Å². The molecule has 0 aromatic carbocycles. The number of carboxylic acids is 2. The lowest BCUT2D eigenvalue weighted by atomic mass is 9.72. The Labute approximate surface area is 90.4 Å². The molecule has 14 heavy (non-hydrogen) atoms. The van der Waals surface area contributed by atoms with Crippen LogP contribution in [0.3, 0.4) is 0 Å². The maximum Gasteiger partial charge on any atom is 0.309 e. The van der Waals surface area contributed by atoms with Gasteiger partial charge < -0.3 is 10.2 Å². The van der Waals surface area contributed by atoms with Crippen LogP contribution in [0.4, 0.5) is 0 Å². The molecule has 0 amide bonds. The van der Waals surface area contributed by atoms with Crippen molar-refractivity contribution in [1.82, 2.24) is 0 Å². The van der Waals surface area contributed by atoms with Crippen molar-refractivity contribution in [2.45, 2.75) is 10.5 Å². The molecule has 1 saturated carbocycles. The van der Waals surface area contributed by atoms with Crippen molar-refractivity contribution in [2.75, 3.05) is 12.5 Å². The largest absolute Gasteiger partial charge is 0.481 e. The summed E-state index contributed by atoms with van der Waals surface area (Å²) in [5.74, 6) is -3.51. The molecule has 0 unspecified atom stereocenters. The summed E-state index contributed by atoms with van der Waals surface area (Å²) in [5.41, 5.74) is 0. The van der Waals surface area contributed by atoms with Crippen molar-refractivity contribution in [3.05, 3.63) is 0 Å². The van der Waals surface area contributed by atoms with Gasteiger partial charge in [0.25, 0.3) is 0 Å². The predicted octanol–water partition coefficient (Wildman–Crippen LogP) is 1.21. The van der Waals surface area contributed by atoms with Crippen molar-refractivity contribution in [3.8, 4) is 0 Å². The molecule has 1 rings (SSSR count). The van der Waals surface area contributed by atoms with Crippen LogP contribution in [-0.2, 0) is 9.59 Å². The lowest BCUT2D eigenvalue weighted by Crippen LogP contribution is -2.55. The van der Waals surface area contributed by atoms with E-state index in [0.29, 0.717) is 6.42 Å². The molecule has 6 heteroatoms. The van der Waals surface area contributed by atoms with Crippen molar-refractivity contribution in [2.24, 2.45) is 11.8 Å². The summed E-state index contributed by atoms with van der Waals surface area (Å²) in [4.78, 5) is 21.7. The van der Waals surface area contributed by atoms with E-state index in [9.17, 15) is 9.59 Å². The molecule has 0 saturated heterocycles. The standard InChI is InChI=1S/C8H12O4S2/c1-13-8(14-2)3-4(6(9)10)5(8)7(11)12/h4-5H,3H2,1-2H3,(H,9,10)(H,11,12)/t4-,5-/m1/s1. The highest BCUT2D eigenvalue weighted by molar-refractivity contribution is 8.17. The quantitative estimate of drug-likeness (QED) is 0.715. The molecule has 0 aromatic rings. The van der Waals surface area contributed by atoms with E-state index in [-0.39, 0.29) is 0 Å². The molecule has 1 fully saturated rings. The average molecular weight is 236 g/mol. The van der Waals surface area contributed by atoms with E-state index in [4.69, 9.17) is 10.2 Å². The summed E-state index contributed by atoms with van der Waals surface area (Å²) in [7, 11) is 0. The molecule has 2 atom stereocenters. The topological polar surface area (TPSA) is 74.6 Å². The van der Waals surface area contributed by atoms with Gasteiger partial charge in [0.05, 0.1) is 15.9 Å². The van der Waals surface area contributed by atoms with Gasteiger partial charge in [0, 0.05) is 0 Å². The molecule has 80 valence electrons. The molecule has 2 N–H and O–H groups in total. The highest BCUT2D eigenvalue weighted by Gasteiger charge is 2.60. The molecule has 1 aliphatic rings. The minimum atomic E-state index is -1.01. The van der Waals surface area contributed by atoms with E-state index in [1.54, 1.807) is 0 Å². The summed E-state index contributed by atoms with van der Waals surface area (Å²) >= 11 is 2.87. The van der Waals surface area contributed by atoms with Crippen LogP contribution in [0.1, 0.15) is 6.42 Å². The fourth-order valence-corrected chi connectivity index (χ4v) is 4.19. The molecule has 0 aliphatic heterocycles. The molecule has 0 radical (unpaired) electrons. The Morgan fingerprint density at radius 1 is 1.21 bits per heavy atom. The second-order valence-electron chi connectivity index (χ2n) is 3.18. The minimum absolute atomic E-state index is 0.432. The predicted molar refractivity (Wildman–Crippen MR) is 56.6 cm³/mol. The lowest BCUT2D eigenvalue weighted by molar-refractivity contribution is -0.160. The summed E-state index contributed by atoms with van der Waals surface area (Å²) in [6, 6.07) is 0. The average Bonchev–Trinajstić information content (AvgIpc) is 2.03. The Hall–Kier alpha value is -0.360. The fraction of sp³-hybridized carbons (Fsp3) is 0.750. The van der Waals surface area contributed by atoms with E-state index >= 15 is 0 Å². The lowest BCUT2D eigenvalue weighted by Gasteiger charge is -2.49. The Morgan fingerprint density at radius 3 is 2.00 bits per heavy atom. The first-order chi connectivity index (χ1) is 6.48. The van der Waals surface area contributed by atoms with Crippen LogP contribution in [0, 0.1) is 11.8 Å². The van der Waals surface area contributed by atoms with Gasteiger partial charge in [-0.2, -0.15) is 0 Å². The normalized spacial score (nSPS) is 29.3. The SMILES string of the molecule is CSC1(SC)C[C@@H](C(=O)O)[C@@H]1C(=O)O. The van der Waals surface area contributed by atoms with E-state index in [1.807, 2.05) is 12.5 Å². The van der Waals surface area contributed by atoms with Crippen LogP contribution >= 0.6 is 23.5 Å². The number of hydrogen-bond acceptors (Lipinski definition) is 4. The third-order valence-corrected chi connectivity index (χ3v) is 5.88. The highest BCUT2D eigenvalue weighted by Crippen LogP contribution is 2.58. The van der Waals surface area contributed by atoms with Crippen molar-refractivity contribution < 1.29 is 19.8 Å². The van der Waals surface area contributed by atoms with E-state index in [0.717, 1.165) is 0 Å². The van der Waals surface area contributed by atoms with Gasteiger partial charge in [0.2, 0.25) is 0 Å². The molecular formula is C8H12O4S2. The molecule has 0 spiro atoms. The van der Waals surface area contributed by atoms with Crippen molar-refractivity contribution >= 4 is 35.5 Å². The van der Waals surface area contributed by atoms with E-state index < -0.39 is 27.9 Å². The molecule has 4 nitrogen and oxygen atoms in total. The molecule has 1 aliphatic carbocycles. The van der Waals surface area contributed by atoms with Gasteiger partial charge in [-0.05, 0) is 18.9 Å². The number of hydrogen-bond donors (Lipinski definition) is 2. The van der Waals surface area contributed by atoms with Gasteiger partial charge in [-0.3, -0.25) is 9.59 Å². The maximum atomic E-state index is 10.9. The van der Waals surface area contributed by atoms with Crippen LogP contribution in [0.5, 0.6) is 0 Å². The first-order valence-corrected chi connectivity index (χ1v) is 6.49. The number of rotatable bonds is 4. The molecule has 0 heterocycles. The Morgan fingerprint density at radius 2 is 1.71 bits per heavy atom. The summed E-state index contributed by atoms with van der Waals surface area (Å²) < 4.78 is -0.450. The van der Waals surface area contributed by atoms with Gasteiger partial charge >= 0.3 is 11.9 Å². The third-order valence-electron chi connectivity index (χ3n) is 2.65. The molecule has 0 aromatic heterocycles. The smallest absolute Gasteiger partial charge is 0.309 e. The first kappa shape index (κ1) is 11.7. The highest BCUT2D eigenvalue weighted by atomic mass is 32.2. The Balaban J connectivity index is 2.86. The van der Waals surface area contributed by atoms with Gasteiger partial charge in [-0.1, -0.05) is 0 Å². The van der Waals surface area contributed by atoms with E-state index in [1.165, 1.54) is 23.5 Å². The van der Waals surface area contributed by atoms with Crippen molar-refractivity contribution in [1.29, 1.82) is 0 Å². The molecule has 0 bridgehead atoms. The fourth-order valence-electron chi connectivity index (χ4n) is 1.79. The number of carbonyl (C=O) groups is 2. The van der Waals surface area contributed by atoms with Gasteiger partial charge in [0.1, 0.15) is 0 Å². The zero-order valence-electron chi connectivity index (χ0n) is 7.89. The Kier molecular flexibility index (Phi) is 3.36. The van der Waals surface area contributed by atoms with Crippen LogP contribution in [0.25, 0.3) is 0 Å². The van der Waals surface area contributed by atoms with Gasteiger partial charge in [-0.15, -0.1) is 23.5 Å². The first-order valence-electron chi connectivity index (χ1n) is 4.04. The number of thioether (sulfide) groups is 2. The van der Waals surface area contributed by atoms with Crippen LogP contribution < -0.4 is 0 Å². The van der Waals surface area contributed by atoms with Gasteiger partial charge in [0.15, 0.2) is 0 Å². The van der Waals surface area contributed by atoms with Crippen molar-refractivity contribution in [3.63, 3.8) is 0 Å². The number of aliphatic carboxylic acids is 2. The zero-order chi connectivity index (χ0) is 10.9. The second kappa shape index (κ2) is 4.02. The monoisotopic (exact) mass is 236 g/mol.